The minimum absolute atomic E-state index is 0.0215. The van der Waals surface area contributed by atoms with Crippen LogP contribution >= 0.6 is 0 Å². The number of carbonyl (C=O) groups is 2. The van der Waals surface area contributed by atoms with E-state index in [1.165, 1.54) is 0 Å². The summed E-state index contributed by atoms with van der Waals surface area (Å²) >= 11 is 0. The molecule has 0 aromatic carbocycles. The lowest BCUT2D eigenvalue weighted by atomic mass is 9.71. The molecule has 4 nitrogen and oxygen atoms in total. The van der Waals surface area contributed by atoms with Gasteiger partial charge in [-0.25, -0.2) is 0 Å². The number of esters is 2. The first kappa shape index (κ1) is 15.3. The zero-order valence-electron chi connectivity index (χ0n) is 13.4. The van der Waals surface area contributed by atoms with Crippen molar-refractivity contribution >= 4 is 11.9 Å². The summed E-state index contributed by atoms with van der Waals surface area (Å²) < 4.78 is 11.4. The van der Waals surface area contributed by atoms with Crippen LogP contribution in [0.5, 0.6) is 0 Å². The second-order valence-electron chi connectivity index (χ2n) is 7.83. The molecule has 1 aliphatic heterocycles. The van der Waals surface area contributed by atoms with Crippen molar-refractivity contribution in [2.24, 2.45) is 17.3 Å². The molecule has 0 aromatic rings. The van der Waals surface area contributed by atoms with Gasteiger partial charge in [-0.15, -0.1) is 0 Å². The average molecular weight is 282 g/mol. The normalized spacial score (nSPS) is 38.3. The molecule has 0 aromatic heterocycles. The van der Waals surface area contributed by atoms with E-state index in [9.17, 15) is 9.59 Å². The first-order valence-corrected chi connectivity index (χ1v) is 7.44. The molecule has 2 bridgehead atoms. The third-order valence-electron chi connectivity index (χ3n) is 5.36. The van der Waals surface area contributed by atoms with Gasteiger partial charge in [-0.05, 0) is 32.1 Å². The largest absolute Gasteiger partial charge is 0.455 e. The second kappa shape index (κ2) is 4.47. The molecule has 114 valence electrons. The van der Waals surface area contributed by atoms with E-state index in [2.05, 4.69) is 0 Å². The molecule has 1 heterocycles. The third-order valence-corrected chi connectivity index (χ3v) is 5.36. The summed E-state index contributed by atoms with van der Waals surface area (Å²) in [5.74, 6) is -0.566. The molecular formula is C16H26O4. The fraction of sp³-hybridized carbons (Fsp3) is 0.875. The minimum atomic E-state index is -0.716. The molecule has 0 spiro atoms. The maximum absolute atomic E-state index is 12.4. The Hall–Kier alpha value is -1.06. The minimum Gasteiger partial charge on any atom is -0.455 e. The molecule has 2 aliphatic rings. The van der Waals surface area contributed by atoms with Gasteiger partial charge in [0.2, 0.25) is 0 Å². The number of hydrogen-bond donors (Lipinski definition) is 0. The highest BCUT2D eigenvalue weighted by molar-refractivity contribution is 5.77. The van der Waals surface area contributed by atoms with Crippen molar-refractivity contribution in [2.75, 3.05) is 0 Å². The van der Waals surface area contributed by atoms with Crippen LogP contribution < -0.4 is 0 Å². The van der Waals surface area contributed by atoms with Crippen molar-refractivity contribution in [1.82, 2.24) is 0 Å². The smallest absolute Gasteiger partial charge is 0.309 e. The lowest BCUT2D eigenvalue weighted by Gasteiger charge is -2.45. The first-order valence-electron chi connectivity index (χ1n) is 7.44. The highest BCUT2D eigenvalue weighted by Crippen LogP contribution is 2.50. The van der Waals surface area contributed by atoms with E-state index in [1.807, 2.05) is 41.5 Å². The number of carbonyl (C=O) groups excluding carboxylic acids is 2. The predicted octanol–water partition coefficient (Wildman–Crippen LogP) is 3.09. The lowest BCUT2D eigenvalue weighted by molar-refractivity contribution is -0.202. The zero-order valence-corrected chi connectivity index (χ0v) is 13.4. The summed E-state index contributed by atoms with van der Waals surface area (Å²) in [4.78, 5) is 24.2. The van der Waals surface area contributed by atoms with Crippen LogP contribution in [0.25, 0.3) is 0 Å². The van der Waals surface area contributed by atoms with E-state index >= 15 is 0 Å². The van der Waals surface area contributed by atoms with Crippen LogP contribution in [0.4, 0.5) is 0 Å². The van der Waals surface area contributed by atoms with Crippen molar-refractivity contribution in [1.29, 1.82) is 0 Å². The highest BCUT2D eigenvalue weighted by Gasteiger charge is 2.61. The topological polar surface area (TPSA) is 52.6 Å². The maximum Gasteiger partial charge on any atom is 0.309 e. The molecule has 2 rings (SSSR count). The summed E-state index contributed by atoms with van der Waals surface area (Å²) in [6.07, 6.45) is 2.07. The van der Waals surface area contributed by atoms with E-state index in [1.54, 1.807) is 0 Å². The van der Waals surface area contributed by atoms with Gasteiger partial charge in [-0.2, -0.15) is 0 Å². The molecule has 20 heavy (non-hydrogen) atoms. The standard InChI is InChI=1S/C16H26O4/c1-10(14(2,3)4)12(17)19-15(5)8-7-11-9-16(15,6)20-13(11)18/h10-11H,7-9H2,1-6H3. The van der Waals surface area contributed by atoms with Crippen molar-refractivity contribution in [3.05, 3.63) is 0 Å². The molecule has 4 unspecified atom stereocenters. The Morgan fingerprint density at radius 1 is 1.40 bits per heavy atom. The first-order chi connectivity index (χ1) is 8.98. The van der Waals surface area contributed by atoms with Crippen LogP contribution in [0.15, 0.2) is 0 Å². The van der Waals surface area contributed by atoms with Crippen LogP contribution in [0.2, 0.25) is 0 Å². The van der Waals surface area contributed by atoms with E-state index in [-0.39, 0.29) is 29.2 Å². The fourth-order valence-corrected chi connectivity index (χ4v) is 2.98. The Kier molecular flexibility index (Phi) is 3.43. The molecule has 1 saturated heterocycles. The summed E-state index contributed by atoms with van der Waals surface area (Å²) in [7, 11) is 0. The number of ether oxygens (including phenoxy) is 2. The van der Waals surface area contributed by atoms with Gasteiger partial charge < -0.3 is 9.47 Å². The van der Waals surface area contributed by atoms with E-state index in [0.29, 0.717) is 12.8 Å². The molecule has 0 amide bonds. The van der Waals surface area contributed by atoms with Crippen LogP contribution in [0.3, 0.4) is 0 Å². The maximum atomic E-state index is 12.4. The summed E-state index contributed by atoms with van der Waals surface area (Å²) in [6, 6.07) is 0. The lowest BCUT2D eigenvalue weighted by Crippen LogP contribution is -2.55. The Morgan fingerprint density at radius 2 is 2.00 bits per heavy atom. The van der Waals surface area contributed by atoms with E-state index < -0.39 is 11.2 Å². The molecule has 0 radical (unpaired) electrons. The van der Waals surface area contributed by atoms with Gasteiger partial charge >= 0.3 is 11.9 Å². The van der Waals surface area contributed by atoms with Gasteiger partial charge in [-0.1, -0.05) is 27.7 Å². The molecule has 0 N–H and O–H groups in total. The summed E-state index contributed by atoms with van der Waals surface area (Å²) in [6.45, 7) is 11.7. The van der Waals surface area contributed by atoms with Gasteiger partial charge in [-0.3, -0.25) is 9.59 Å². The van der Waals surface area contributed by atoms with Crippen LogP contribution in [0.1, 0.15) is 60.8 Å². The number of fused-ring (bicyclic) bond motifs is 2. The highest BCUT2D eigenvalue weighted by atomic mass is 16.6. The average Bonchev–Trinajstić information content (AvgIpc) is 2.56. The summed E-state index contributed by atoms with van der Waals surface area (Å²) in [5.41, 5.74) is -1.54. The summed E-state index contributed by atoms with van der Waals surface area (Å²) in [5, 5.41) is 0. The van der Waals surface area contributed by atoms with Gasteiger partial charge in [0, 0.05) is 6.42 Å². The Labute approximate surface area is 121 Å². The quantitative estimate of drug-likeness (QED) is 0.730. The molecule has 1 saturated carbocycles. The Morgan fingerprint density at radius 3 is 2.55 bits per heavy atom. The van der Waals surface area contributed by atoms with Crippen molar-refractivity contribution in [2.45, 2.75) is 72.0 Å². The van der Waals surface area contributed by atoms with Crippen LogP contribution in [0, 0.1) is 17.3 Å². The van der Waals surface area contributed by atoms with Crippen LogP contribution in [-0.4, -0.2) is 23.1 Å². The van der Waals surface area contributed by atoms with Gasteiger partial charge in [0.1, 0.15) is 11.2 Å². The second-order valence-corrected chi connectivity index (χ2v) is 7.83. The molecule has 4 atom stereocenters. The molecule has 1 aliphatic carbocycles. The third kappa shape index (κ3) is 2.33. The monoisotopic (exact) mass is 282 g/mol. The SMILES string of the molecule is CC(C(=O)OC1(C)CCC2CC1(C)OC2=O)C(C)(C)C. The molecular weight excluding hydrogens is 256 g/mol. The van der Waals surface area contributed by atoms with E-state index in [0.717, 1.165) is 6.42 Å². The Balaban J connectivity index is 2.16. The number of rotatable bonds is 2. The van der Waals surface area contributed by atoms with Crippen molar-refractivity contribution < 1.29 is 19.1 Å². The Bertz CT molecular complexity index is 436. The predicted molar refractivity (Wildman–Crippen MR) is 75.0 cm³/mol. The van der Waals surface area contributed by atoms with Gasteiger partial charge in [0.25, 0.3) is 0 Å². The van der Waals surface area contributed by atoms with Gasteiger partial charge in [0.15, 0.2) is 0 Å². The van der Waals surface area contributed by atoms with Crippen LogP contribution in [-0.2, 0) is 19.1 Å². The fourth-order valence-electron chi connectivity index (χ4n) is 2.98. The van der Waals surface area contributed by atoms with Gasteiger partial charge in [0.05, 0.1) is 11.8 Å². The van der Waals surface area contributed by atoms with Crippen molar-refractivity contribution in [3.8, 4) is 0 Å². The number of hydrogen-bond acceptors (Lipinski definition) is 4. The van der Waals surface area contributed by atoms with E-state index in [4.69, 9.17) is 9.47 Å². The zero-order chi connectivity index (χ0) is 15.3. The molecule has 2 fully saturated rings. The van der Waals surface area contributed by atoms with Crippen molar-refractivity contribution in [3.63, 3.8) is 0 Å². The molecule has 4 heteroatoms.